The van der Waals surface area contributed by atoms with Crippen molar-refractivity contribution in [2.75, 3.05) is 29.6 Å². The molecule has 2 N–H and O–H groups in total. The number of anilines is 2. The molecule has 0 bridgehead atoms. The number of ether oxygens (including phenoxy) is 1. The molecule has 11 heteroatoms. The highest BCUT2D eigenvalue weighted by atomic mass is 32.2. The topological polar surface area (TPSA) is 122 Å². The van der Waals surface area contributed by atoms with Crippen LogP contribution in [-0.4, -0.2) is 47.8 Å². The van der Waals surface area contributed by atoms with Crippen LogP contribution in [0.3, 0.4) is 0 Å². The molecule has 1 amide bonds. The number of amides is 1. The number of piperidine rings is 1. The van der Waals surface area contributed by atoms with Gasteiger partial charge >= 0.3 is 0 Å². The van der Waals surface area contributed by atoms with E-state index in [1.165, 1.54) is 49.6 Å². The fraction of sp³-hybridized carbons (Fsp3) is 0.269. The van der Waals surface area contributed by atoms with Crippen molar-refractivity contribution < 1.29 is 26.4 Å². The van der Waals surface area contributed by atoms with Crippen molar-refractivity contribution in [2.24, 2.45) is 5.92 Å². The van der Waals surface area contributed by atoms with Gasteiger partial charge in [0, 0.05) is 24.5 Å². The van der Waals surface area contributed by atoms with Crippen molar-refractivity contribution in [2.45, 2.75) is 29.6 Å². The SMILES string of the molecule is COc1ccc(S(=O)(=O)Nc2ccc(S(=O)(=O)Nc3ccccc3)cc2)cc1C(=O)N1CCC(C)CC1. The van der Waals surface area contributed by atoms with Crippen molar-refractivity contribution in [3.63, 3.8) is 0 Å². The number of para-hydroxylation sites is 1. The van der Waals surface area contributed by atoms with Gasteiger partial charge < -0.3 is 9.64 Å². The van der Waals surface area contributed by atoms with Crippen LogP contribution in [0.5, 0.6) is 5.75 Å². The van der Waals surface area contributed by atoms with Gasteiger partial charge in [0.1, 0.15) is 5.75 Å². The van der Waals surface area contributed by atoms with E-state index in [0.29, 0.717) is 30.4 Å². The molecule has 4 rings (SSSR count). The molecule has 1 heterocycles. The minimum atomic E-state index is -4.07. The summed E-state index contributed by atoms with van der Waals surface area (Å²) in [6.07, 6.45) is 1.78. The second kappa shape index (κ2) is 10.8. The summed E-state index contributed by atoms with van der Waals surface area (Å²) < 4.78 is 61.7. The van der Waals surface area contributed by atoms with Crippen molar-refractivity contribution >= 4 is 37.3 Å². The molecule has 1 aliphatic rings. The molecule has 3 aromatic rings. The maximum atomic E-state index is 13.2. The molecule has 0 unspecified atom stereocenters. The monoisotopic (exact) mass is 543 g/mol. The molecule has 196 valence electrons. The summed E-state index contributed by atoms with van der Waals surface area (Å²) >= 11 is 0. The van der Waals surface area contributed by atoms with Crippen molar-refractivity contribution in [1.29, 1.82) is 0 Å². The Morgan fingerprint density at radius 3 is 1.95 bits per heavy atom. The highest BCUT2D eigenvalue weighted by molar-refractivity contribution is 7.93. The summed E-state index contributed by atoms with van der Waals surface area (Å²) in [5.74, 6) is 0.557. The third-order valence-corrected chi connectivity index (χ3v) is 9.00. The fourth-order valence-corrected chi connectivity index (χ4v) is 6.18. The molecule has 1 saturated heterocycles. The molecular formula is C26H29N3O6S2. The highest BCUT2D eigenvalue weighted by Gasteiger charge is 2.26. The molecule has 0 aliphatic carbocycles. The van der Waals surface area contributed by atoms with Gasteiger partial charge in [-0.1, -0.05) is 25.1 Å². The van der Waals surface area contributed by atoms with Crippen molar-refractivity contribution in [3.05, 3.63) is 78.4 Å². The van der Waals surface area contributed by atoms with Crippen LogP contribution in [0.25, 0.3) is 0 Å². The largest absolute Gasteiger partial charge is 0.496 e. The van der Waals surface area contributed by atoms with Crippen LogP contribution in [0.4, 0.5) is 11.4 Å². The van der Waals surface area contributed by atoms with E-state index in [2.05, 4.69) is 16.4 Å². The number of sulfonamides is 2. The molecule has 0 radical (unpaired) electrons. The Balaban J connectivity index is 1.53. The van der Waals surface area contributed by atoms with Gasteiger partial charge in [0.25, 0.3) is 26.0 Å². The quantitative estimate of drug-likeness (QED) is 0.440. The lowest BCUT2D eigenvalue weighted by atomic mass is 9.98. The van der Waals surface area contributed by atoms with Crippen LogP contribution in [0.15, 0.2) is 82.6 Å². The number of nitrogens with zero attached hydrogens (tertiary/aromatic N) is 1. The number of carbonyl (C=O) groups is 1. The molecule has 9 nitrogen and oxygen atoms in total. The number of hydrogen-bond acceptors (Lipinski definition) is 6. The number of methoxy groups -OCH3 is 1. The van der Waals surface area contributed by atoms with Crippen LogP contribution < -0.4 is 14.2 Å². The number of nitrogens with one attached hydrogen (secondary N) is 2. The number of benzene rings is 3. The van der Waals surface area contributed by atoms with Crippen molar-refractivity contribution in [3.8, 4) is 5.75 Å². The van der Waals surface area contributed by atoms with Gasteiger partial charge in [-0.25, -0.2) is 16.8 Å². The minimum Gasteiger partial charge on any atom is -0.496 e. The first-order chi connectivity index (χ1) is 17.6. The van der Waals surface area contributed by atoms with E-state index in [4.69, 9.17) is 4.74 Å². The number of hydrogen-bond donors (Lipinski definition) is 2. The lowest BCUT2D eigenvalue weighted by Crippen LogP contribution is -2.38. The normalized spacial score (nSPS) is 14.7. The number of likely N-dealkylation sites (tertiary alicyclic amines) is 1. The average molecular weight is 544 g/mol. The van der Waals surface area contributed by atoms with Crippen LogP contribution >= 0.6 is 0 Å². The Bertz CT molecular complexity index is 1470. The summed E-state index contributed by atoms with van der Waals surface area (Å²) in [4.78, 5) is 14.7. The first-order valence-electron chi connectivity index (χ1n) is 11.8. The van der Waals surface area contributed by atoms with Gasteiger partial charge in [-0.2, -0.15) is 0 Å². The lowest BCUT2D eigenvalue weighted by Gasteiger charge is -2.30. The zero-order chi connectivity index (χ0) is 26.6. The molecule has 0 spiro atoms. The van der Waals surface area contributed by atoms with Crippen molar-refractivity contribution in [1.82, 2.24) is 4.90 Å². The van der Waals surface area contributed by atoms with Gasteiger partial charge in [-0.3, -0.25) is 14.2 Å². The summed E-state index contributed by atoms with van der Waals surface area (Å²) in [5.41, 5.74) is 0.761. The number of rotatable bonds is 8. The Morgan fingerprint density at radius 1 is 0.811 bits per heavy atom. The Kier molecular flexibility index (Phi) is 7.74. The van der Waals surface area contributed by atoms with Gasteiger partial charge in [0.15, 0.2) is 0 Å². The van der Waals surface area contributed by atoms with E-state index in [1.54, 1.807) is 35.2 Å². The van der Waals surface area contributed by atoms with Gasteiger partial charge in [-0.15, -0.1) is 0 Å². The molecule has 0 aromatic heterocycles. The molecule has 3 aromatic carbocycles. The van der Waals surface area contributed by atoms with E-state index in [0.717, 1.165) is 12.8 Å². The number of carbonyl (C=O) groups excluding carboxylic acids is 1. The minimum absolute atomic E-state index is 0.0209. The predicted molar refractivity (Wildman–Crippen MR) is 142 cm³/mol. The van der Waals surface area contributed by atoms with Crippen LogP contribution in [-0.2, 0) is 20.0 Å². The van der Waals surface area contributed by atoms with E-state index < -0.39 is 20.0 Å². The van der Waals surface area contributed by atoms with E-state index in [-0.39, 0.29) is 26.9 Å². The van der Waals surface area contributed by atoms with Crippen LogP contribution in [0.2, 0.25) is 0 Å². The third kappa shape index (κ3) is 6.23. The molecule has 0 atom stereocenters. The van der Waals surface area contributed by atoms with Gasteiger partial charge in [0.05, 0.1) is 22.5 Å². The second-order valence-electron chi connectivity index (χ2n) is 8.94. The van der Waals surface area contributed by atoms with E-state index in [1.807, 2.05) is 0 Å². The zero-order valence-electron chi connectivity index (χ0n) is 20.5. The molecular weight excluding hydrogens is 514 g/mol. The highest BCUT2D eigenvalue weighted by Crippen LogP contribution is 2.28. The summed E-state index contributed by atoms with van der Waals surface area (Å²) in [7, 11) is -6.49. The fourth-order valence-electron chi connectivity index (χ4n) is 4.04. The van der Waals surface area contributed by atoms with Crippen LogP contribution in [0, 0.1) is 5.92 Å². The maximum Gasteiger partial charge on any atom is 0.261 e. The second-order valence-corrected chi connectivity index (χ2v) is 12.3. The van der Waals surface area contributed by atoms with Crippen LogP contribution in [0.1, 0.15) is 30.1 Å². The Morgan fingerprint density at radius 2 is 1.35 bits per heavy atom. The standard InChI is InChI=1S/C26H29N3O6S2/c1-19-14-16-29(17-15-19)26(30)24-18-23(12-13-25(24)35-2)37(33,34)28-21-8-10-22(11-9-21)36(31,32)27-20-6-4-3-5-7-20/h3-13,18-19,27-28H,14-17H2,1-2H3. The van der Waals surface area contributed by atoms with E-state index in [9.17, 15) is 21.6 Å². The third-order valence-electron chi connectivity index (χ3n) is 6.23. The Labute approximate surface area is 217 Å². The first-order valence-corrected chi connectivity index (χ1v) is 14.7. The van der Waals surface area contributed by atoms with E-state index >= 15 is 0 Å². The summed E-state index contributed by atoms with van der Waals surface area (Å²) in [6, 6.07) is 17.9. The van der Waals surface area contributed by atoms with Gasteiger partial charge in [-0.05, 0) is 73.4 Å². The summed E-state index contributed by atoms with van der Waals surface area (Å²) in [6.45, 7) is 3.35. The smallest absolute Gasteiger partial charge is 0.261 e. The summed E-state index contributed by atoms with van der Waals surface area (Å²) in [5, 5.41) is 0. The maximum absolute atomic E-state index is 13.2. The predicted octanol–water partition coefficient (Wildman–Crippen LogP) is 4.17. The molecule has 1 fully saturated rings. The first kappa shape index (κ1) is 26.5. The lowest BCUT2D eigenvalue weighted by molar-refractivity contribution is 0.0693. The zero-order valence-corrected chi connectivity index (χ0v) is 22.2. The molecule has 1 aliphatic heterocycles. The average Bonchev–Trinajstić information content (AvgIpc) is 2.89. The Hall–Kier alpha value is -3.57. The molecule has 37 heavy (non-hydrogen) atoms. The molecule has 0 saturated carbocycles. The van der Waals surface area contributed by atoms with Gasteiger partial charge in [0.2, 0.25) is 0 Å².